The number of ether oxygens (including phenoxy) is 2. The highest BCUT2D eigenvalue weighted by Crippen LogP contribution is 2.29. The molecule has 0 fully saturated rings. The van der Waals surface area contributed by atoms with E-state index in [0.29, 0.717) is 12.2 Å². The van der Waals surface area contributed by atoms with Gasteiger partial charge in [0, 0.05) is 6.42 Å². The molecule has 21 heavy (non-hydrogen) atoms. The highest BCUT2D eigenvalue weighted by atomic mass is 16.5. The summed E-state index contributed by atoms with van der Waals surface area (Å²) in [7, 11) is 1.63. The number of benzene rings is 1. The summed E-state index contributed by atoms with van der Waals surface area (Å²) in [5.41, 5.74) is 0.547. The zero-order valence-corrected chi connectivity index (χ0v) is 13.7. The Bertz CT molecular complexity index is 496. The minimum absolute atomic E-state index is 0.0874. The highest BCUT2D eigenvalue weighted by molar-refractivity contribution is 5.42. The van der Waals surface area contributed by atoms with E-state index in [4.69, 9.17) is 9.47 Å². The van der Waals surface area contributed by atoms with Crippen LogP contribution in [-0.4, -0.2) is 25.3 Å². The van der Waals surface area contributed by atoms with Gasteiger partial charge in [-0.15, -0.1) is 0 Å². The van der Waals surface area contributed by atoms with Crippen LogP contribution in [0.15, 0.2) is 18.2 Å². The topological polar surface area (TPSA) is 54.3 Å². The van der Waals surface area contributed by atoms with Gasteiger partial charge in [-0.25, -0.2) is 0 Å². The third kappa shape index (κ3) is 5.28. The molecule has 0 amide bonds. The van der Waals surface area contributed by atoms with E-state index in [9.17, 15) is 5.26 Å². The van der Waals surface area contributed by atoms with E-state index >= 15 is 0 Å². The van der Waals surface area contributed by atoms with E-state index in [2.05, 4.69) is 18.3 Å². The minimum atomic E-state index is -0.576. The number of rotatable bonds is 8. The van der Waals surface area contributed by atoms with Crippen LogP contribution in [0.5, 0.6) is 11.5 Å². The number of nitrogens with one attached hydrogen (secondary N) is 1. The standard InChI is InChI=1S/C17H26N2O2/c1-6-9-19-17(4,12-18)11-14(3)21-15-8-7-13(2)10-16(15)20-5/h7-8,10,14,19H,6,9,11H2,1-5H3. The summed E-state index contributed by atoms with van der Waals surface area (Å²) in [6.45, 7) is 8.81. The molecular formula is C17H26N2O2. The van der Waals surface area contributed by atoms with Gasteiger partial charge in [0.1, 0.15) is 5.54 Å². The van der Waals surface area contributed by atoms with Gasteiger partial charge in [-0.3, -0.25) is 5.32 Å². The van der Waals surface area contributed by atoms with Crippen LogP contribution in [0.1, 0.15) is 39.2 Å². The first-order valence-electron chi connectivity index (χ1n) is 7.41. The predicted octanol–water partition coefficient (Wildman–Crippen LogP) is 3.44. The molecular weight excluding hydrogens is 264 g/mol. The van der Waals surface area contributed by atoms with Crippen LogP contribution >= 0.6 is 0 Å². The van der Waals surface area contributed by atoms with Crippen molar-refractivity contribution in [3.05, 3.63) is 23.8 Å². The van der Waals surface area contributed by atoms with E-state index in [1.165, 1.54) is 0 Å². The van der Waals surface area contributed by atoms with Crippen molar-refractivity contribution in [2.75, 3.05) is 13.7 Å². The first-order chi connectivity index (χ1) is 9.94. The molecule has 0 saturated heterocycles. The molecule has 0 radical (unpaired) electrons. The third-order valence-corrected chi connectivity index (χ3v) is 3.35. The Labute approximate surface area is 128 Å². The summed E-state index contributed by atoms with van der Waals surface area (Å²) in [6, 6.07) is 8.19. The number of aryl methyl sites for hydroxylation is 1. The van der Waals surface area contributed by atoms with Crippen LogP contribution in [0.2, 0.25) is 0 Å². The van der Waals surface area contributed by atoms with Crippen LogP contribution in [0, 0.1) is 18.3 Å². The molecule has 1 aromatic carbocycles. The smallest absolute Gasteiger partial charge is 0.161 e. The van der Waals surface area contributed by atoms with Gasteiger partial charge in [0.15, 0.2) is 11.5 Å². The molecule has 4 heteroatoms. The second kappa shape index (κ2) is 7.90. The van der Waals surface area contributed by atoms with Crippen molar-refractivity contribution in [2.24, 2.45) is 0 Å². The van der Waals surface area contributed by atoms with Crippen LogP contribution in [0.3, 0.4) is 0 Å². The molecule has 1 N–H and O–H groups in total. The molecule has 0 aliphatic heterocycles. The van der Waals surface area contributed by atoms with Crippen molar-refractivity contribution in [3.63, 3.8) is 0 Å². The largest absolute Gasteiger partial charge is 0.493 e. The maximum atomic E-state index is 9.37. The lowest BCUT2D eigenvalue weighted by molar-refractivity contribution is 0.173. The number of nitrogens with zero attached hydrogens (tertiary/aromatic N) is 1. The summed E-state index contributed by atoms with van der Waals surface area (Å²) in [5, 5.41) is 12.6. The van der Waals surface area contributed by atoms with Crippen molar-refractivity contribution < 1.29 is 9.47 Å². The Morgan fingerprint density at radius 3 is 2.67 bits per heavy atom. The summed E-state index contributed by atoms with van der Waals surface area (Å²) < 4.78 is 11.3. The van der Waals surface area contributed by atoms with Gasteiger partial charge in [0.25, 0.3) is 0 Å². The van der Waals surface area contributed by atoms with Gasteiger partial charge in [-0.2, -0.15) is 5.26 Å². The Kier molecular flexibility index (Phi) is 6.51. The average molecular weight is 290 g/mol. The van der Waals surface area contributed by atoms with Crippen molar-refractivity contribution in [3.8, 4) is 17.6 Å². The van der Waals surface area contributed by atoms with Crippen LogP contribution in [-0.2, 0) is 0 Å². The molecule has 1 aromatic rings. The Hall–Kier alpha value is -1.73. The van der Waals surface area contributed by atoms with E-state index in [0.717, 1.165) is 24.3 Å². The molecule has 0 saturated carbocycles. The first kappa shape index (κ1) is 17.3. The minimum Gasteiger partial charge on any atom is -0.493 e. The molecule has 0 aliphatic rings. The van der Waals surface area contributed by atoms with Crippen molar-refractivity contribution in [1.29, 1.82) is 5.26 Å². The Balaban J connectivity index is 2.73. The first-order valence-corrected chi connectivity index (χ1v) is 7.41. The highest BCUT2D eigenvalue weighted by Gasteiger charge is 2.26. The fourth-order valence-electron chi connectivity index (χ4n) is 2.26. The van der Waals surface area contributed by atoms with Crippen molar-refractivity contribution >= 4 is 0 Å². The molecule has 116 valence electrons. The van der Waals surface area contributed by atoms with Crippen LogP contribution < -0.4 is 14.8 Å². The number of hydrogen-bond donors (Lipinski definition) is 1. The molecule has 1 rings (SSSR count). The van der Waals surface area contributed by atoms with Crippen molar-refractivity contribution in [1.82, 2.24) is 5.32 Å². The quantitative estimate of drug-likeness (QED) is 0.797. The summed E-state index contributed by atoms with van der Waals surface area (Å²) in [6.07, 6.45) is 1.52. The van der Waals surface area contributed by atoms with E-state index in [1.807, 2.05) is 39.0 Å². The van der Waals surface area contributed by atoms with Crippen LogP contribution in [0.4, 0.5) is 0 Å². The SMILES string of the molecule is CCCNC(C)(C#N)CC(C)Oc1ccc(C)cc1OC. The van der Waals surface area contributed by atoms with E-state index < -0.39 is 5.54 Å². The fraction of sp³-hybridized carbons (Fsp3) is 0.588. The molecule has 4 nitrogen and oxygen atoms in total. The maximum Gasteiger partial charge on any atom is 0.161 e. The monoisotopic (exact) mass is 290 g/mol. The fourth-order valence-corrected chi connectivity index (χ4v) is 2.26. The maximum absolute atomic E-state index is 9.37. The normalized spacial score (nSPS) is 14.9. The summed E-state index contributed by atoms with van der Waals surface area (Å²) in [4.78, 5) is 0. The van der Waals surface area contributed by atoms with Gasteiger partial charge in [-0.1, -0.05) is 13.0 Å². The molecule has 2 unspecified atom stereocenters. The van der Waals surface area contributed by atoms with Gasteiger partial charge < -0.3 is 9.47 Å². The van der Waals surface area contributed by atoms with E-state index in [1.54, 1.807) is 7.11 Å². The zero-order valence-electron chi connectivity index (χ0n) is 13.7. The summed E-state index contributed by atoms with van der Waals surface area (Å²) in [5.74, 6) is 1.44. The number of nitriles is 1. The number of methoxy groups -OCH3 is 1. The molecule has 0 bridgehead atoms. The van der Waals surface area contributed by atoms with Gasteiger partial charge >= 0.3 is 0 Å². The lowest BCUT2D eigenvalue weighted by Crippen LogP contribution is -2.44. The Morgan fingerprint density at radius 1 is 1.38 bits per heavy atom. The molecule has 2 atom stereocenters. The number of hydrogen-bond acceptors (Lipinski definition) is 4. The van der Waals surface area contributed by atoms with Gasteiger partial charge in [-0.05, 0) is 51.4 Å². The average Bonchev–Trinajstić information content (AvgIpc) is 2.46. The molecule has 0 aliphatic carbocycles. The van der Waals surface area contributed by atoms with E-state index in [-0.39, 0.29) is 6.10 Å². The van der Waals surface area contributed by atoms with Crippen molar-refractivity contribution in [2.45, 2.75) is 52.2 Å². The second-order valence-corrected chi connectivity index (χ2v) is 5.66. The predicted molar refractivity (Wildman–Crippen MR) is 84.7 cm³/mol. The van der Waals surface area contributed by atoms with Crippen LogP contribution in [0.25, 0.3) is 0 Å². The summed E-state index contributed by atoms with van der Waals surface area (Å²) >= 11 is 0. The lowest BCUT2D eigenvalue weighted by atomic mass is 9.96. The lowest BCUT2D eigenvalue weighted by Gasteiger charge is -2.27. The molecule has 0 spiro atoms. The van der Waals surface area contributed by atoms with Gasteiger partial charge in [0.05, 0.1) is 19.3 Å². The second-order valence-electron chi connectivity index (χ2n) is 5.66. The third-order valence-electron chi connectivity index (χ3n) is 3.35. The zero-order chi connectivity index (χ0) is 15.9. The van der Waals surface area contributed by atoms with Gasteiger partial charge in [0.2, 0.25) is 0 Å². The Morgan fingerprint density at radius 2 is 2.10 bits per heavy atom. The molecule has 0 aromatic heterocycles. The molecule has 0 heterocycles.